The third-order valence-electron chi connectivity index (χ3n) is 5.87. The van der Waals surface area contributed by atoms with Crippen LogP contribution in [0.5, 0.6) is 5.75 Å². The molecule has 0 bridgehead atoms. The van der Waals surface area contributed by atoms with Crippen LogP contribution in [0.25, 0.3) is 16.9 Å². The molecule has 0 aliphatic carbocycles. The Morgan fingerprint density at radius 3 is 2.48 bits per heavy atom. The van der Waals surface area contributed by atoms with Crippen LogP contribution in [0.2, 0.25) is 0 Å². The van der Waals surface area contributed by atoms with Gasteiger partial charge in [-0.1, -0.05) is 0 Å². The van der Waals surface area contributed by atoms with Crippen molar-refractivity contribution < 1.29 is 19.1 Å². The molecular formula is C23H27N5O5. The van der Waals surface area contributed by atoms with Crippen LogP contribution in [0.4, 0.5) is 0 Å². The van der Waals surface area contributed by atoms with Gasteiger partial charge in [0, 0.05) is 24.7 Å². The van der Waals surface area contributed by atoms with Gasteiger partial charge in [-0.15, -0.1) is 5.10 Å². The summed E-state index contributed by atoms with van der Waals surface area (Å²) in [5.74, 6) is 0.622. The molecule has 0 spiro atoms. The fourth-order valence-corrected chi connectivity index (χ4v) is 4.07. The lowest BCUT2D eigenvalue weighted by molar-refractivity contribution is -0.151. The first-order valence-corrected chi connectivity index (χ1v) is 11.0. The van der Waals surface area contributed by atoms with E-state index in [1.54, 1.807) is 31.9 Å². The number of aromatic nitrogens is 4. The fraction of sp³-hybridized carbons (Fsp3) is 0.435. The number of benzene rings is 1. The molecular weight excluding hydrogens is 426 g/mol. The number of rotatable bonds is 6. The highest BCUT2D eigenvalue weighted by atomic mass is 16.5. The Bertz CT molecular complexity index is 1220. The van der Waals surface area contributed by atoms with E-state index in [0.29, 0.717) is 49.7 Å². The molecule has 1 amide bonds. The first-order chi connectivity index (χ1) is 15.9. The van der Waals surface area contributed by atoms with Gasteiger partial charge >= 0.3 is 11.7 Å². The molecule has 1 aliphatic heterocycles. The third-order valence-corrected chi connectivity index (χ3v) is 5.87. The maximum Gasteiger partial charge on any atom is 0.352 e. The first kappa shape index (κ1) is 22.5. The van der Waals surface area contributed by atoms with Gasteiger partial charge in [0.05, 0.1) is 25.3 Å². The Kier molecular flexibility index (Phi) is 6.43. The molecule has 0 radical (unpaired) electrons. The SMILES string of the molecule is CCOC(=O)C1CCN(C(=O)Cn2nc3cc(-c4ccc(OC)cc4)nc(C)n3c2=O)CC1. The summed E-state index contributed by atoms with van der Waals surface area (Å²) in [6.45, 7) is 4.60. The summed E-state index contributed by atoms with van der Waals surface area (Å²) < 4.78 is 12.8. The molecule has 1 aromatic carbocycles. The first-order valence-electron chi connectivity index (χ1n) is 11.0. The predicted octanol–water partition coefficient (Wildman–Crippen LogP) is 1.68. The number of esters is 1. The molecule has 4 rings (SSSR count). The average molecular weight is 453 g/mol. The topological polar surface area (TPSA) is 108 Å². The van der Waals surface area contributed by atoms with Crippen LogP contribution in [-0.4, -0.2) is 62.7 Å². The lowest BCUT2D eigenvalue weighted by Crippen LogP contribution is -2.43. The summed E-state index contributed by atoms with van der Waals surface area (Å²) in [7, 11) is 1.60. The molecule has 1 aliphatic rings. The number of aryl methyl sites for hydroxylation is 1. The van der Waals surface area contributed by atoms with Crippen molar-refractivity contribution in [3.63, 3.8) is 0 Å². The second-order valence-electron chi connectivity index (χ2n) is 7.96. The molecule has 174 valence electrons. The van der Waals surface area contributed by atoms with Gasteiger partial charge in [0.25, 0.3) is 0 Å². The van der Waals surface area contributed by atoms with E-state index in [1.807, 2.05) is 24.3 Å². The highest BCUT2D eigenvalue weighted by Gasteiger charge is 2.28. The molecule has 3 heterocycles. The van der Waals surface area contributed by atoms with Crippen LogP contribution >= 0.6 is 0 Å². The van der Waals surface area contributed by atoms with Crippen molar-refractivity contribution in [1.29, 1.82) is 0 Å². The summed E-state index contributed by atoms with van der Waals surface area (Å²) in [6.07, 6.45) is 1.11. The summed E-state index contributed by atoms with van der Waals surface area (Å²) in [6, 6.07) is 9.17. The molecule has 0 saturated carbocycles. The van der Waals surface area contributed by atoms with Gasteiger partial charge in [-0.2, -0.15) is 0 Å². The van der Waals surface area contributed by atoms with Crippen molar-refractivity contribution in [3.05, 3.63) is 46.6 Å². The van der Waals surface area contributed by atoms with Crippen molar-refractivity contribution in [2.24, 2.45) is 5.92 Å². The minimum Gasteiger partial charge on any atom is -0.497 e. The zero-order chi connectivity index (χ0) is 23.5. The number of nitrogens with zero attached hydrogens (tertiary/aromatic N) is 5. The second-order valence-corrected chi connectivity index (χ2v) is 7.96. The van der Waals surface area contributed by atoms with Crippen molar-refractivity contribution in [2.45, 2.75) is 33.2 Å². The summed E-state index contributed by atoms with van der Waals surface area (Å²) >= 11 is 0. The van der Waals surface area contributed by atoms with Gasteiger partial charge in [0.1, 0.15) is 18.1 Å². The molecule has 0 atom stereocenters. The lowest BCUT2D eigenvalue weighted by atomic mass is 9.97. The standard InChI is InChI=1S/C23H27N5O5/c1-4-33-22(30)17-9-11-26(12-10-17)21(29)14-27-23(31)28-15(2)24-19(13-20(28)25-27)16-5-7-18(32-3)8-6-16/h5-8,13,17H,4,9-12,14H2,1-3H3. The van der Waals surface area contributed by atoms with Crippen LogP contribution in [-0.2, 0) is 20.9 Å². The molecule has 2 aromatic heterocycles. The van der Waals surface area contributed by atoms with Crippen molar-refractivity contribution in [3.8, 4) is 17.0 Å². The molecule has 33 heavy (non-hydrogen) atoms. The number of amides is 1. The number of likely N-dealkylation sites (tertiary alicyclic amines) is 1. The number of ether oxygens (including phenoxy) is 2. The number of fused-ring (bicyclic) bond motifs is 1. The highest BCUT2D eigenvalue weighted by molar-refractivity contribution is 5.77. The van der Waals surface area contributed by atoms with Crippen molar-refractivity contribution in [1.82, 2.24) is 24.1 Å². The minimum atomic E-state index is -0.411. The predicted molar refractivity (Wildman–Crippen MR) is 120 cm³/mol. The van der Waals surface area contributed by atoms with E-state index in [2.05, 4.69) is 10.1 Å². The Labute approximate surface area is 190 Å². The monoisotopic (exact) mass is 453 g/mol. The Balaban J connectivity index is 1.51. The van der Waals surface area contributed by atoms with E-state index < -0.39 is 5.69 Å². The van der Waals surface area contributed by atoms with Crippen LogP contribution < -0.4 is 10.4 Å². The minimum absolute atomic E-state index is 0.165. The molecule has 0 N–H and O–H groups in total. The normalized spacial score (nSPS) is 14.5. The fourth-order valence-electron chi connectivity index (χ4n) is 4.07. The molecule has 0 unspecified atom stereocenters. The number of piperidine rings is 1. The van der Waals surface area contributed by atoms with E-state index in [-0.39, 0.29) is 24.3 Å². The van der Waals surface area contributed by atoms with E-state index in [1.165, 1.54) is 9.08 Å². The number of hydrogen-bond acceptors (Lipinski definition) is 7. The lowest BCUT2D eigenvalue weighted by Gasteiger charge is -2.30. The second kappa shape index (κ2) is 9.43. The van der Waals surface area contributed by atoms with Gasteiger partial charge < -0.3 is 14.4 Å². The summed E-state index contributed by atoms with van der Waals surface area (Å²) in [4.78, 5) is 43.8. The number of carbonyl (C=O) groups excluding carboxylic acids is 2. The molecule has 10 nitrogen and oxygen atoms in total. The molecule has 10 heteroatoms. The highest BCUT2D eigenvalue weighted by Crippen LogP contribution is 2.22. The quantitative estimate of drug-likeness (QED) is 0.523. The van der Waals surface area contributed by atoms with Gasteiger partial charge in [0.2, 0.25) is 5.91 Å². The van der Waals surface area contributed by atoms with Crippen LogP contribution in [0.1, 0.15) is 25.6 Å². The zero-order valence-corrected chi connectivity index (χ0v) is 19.0. The maximum absolute atomic E-state index is 12.9. The zero-order valence-electron chi connectivity index (χ0n) is 19.0. The van der Waals surface area contributed by atoms with Crippen LogP contribution in [0.3, 0.4) is 0 Å². The summed E-state index contributed by atoms with van der Waals surface area (Å²) in [5.41, 5.74) is 1.55. The molecule has 3 aromatic rings. The number of methoxy groups -OCH3 is 1. The smallest absolute Gasteiger partial charge is 0.352 e. The van der Waals surface area contributed by atoms with Crippen LogP contribution in [0.15, 0.2) is 35.1 Å². The van der Waals surface area contributed by atoms with E-state index in [0.717, 1.165) is 11.3 Å². The number of hydrogen-bond donors (Lipinski definition) is 0. The van der Waals surface area contributed by atoms with Crippen LogP contribution in [0, 0.1) is 12.8 Å². The summed E-state index contributed by atoms with van der Waals surface area (Å²) in [5, 5.41) is 4.38. The number of carbonyl (C=O) groups is 2. The van der Waals surface area contributed by atoms with Crippen molar-refractivity contribution in [2.75, 3.05) is 26.8 Å². The molecule has 1 fully saturated rings. The average Bonchev–Trinajstić information content (AvgIpc) is 3.14. The van der Waals surface area contributed by atoms with Gasteiger partial charge in [0.15, 0.2) is 5.65 Å². The third kappa shape index (κ3) is 4.59. The van der Waals surface area contributed by atoms with Crippen molar-refractivity contribution >= 4 is 17.5 Å². The van der Waals surface area contributed by atoms with E-state index >= 15 is 0 Å². The van der Waals surface area contributed by atoms with Gasteiger partial charge in [-0.3, -0.25) is 9.59 Å². The van der Waals surface area contributed by atoms with Gasteiger partial charge in [-0.25, -0.2) is 18.9 Å². The Morgan fingerprint density at radius 1 is 1.15 bits per heavy atom. The molecule has 1 saturated heterocycles. The van der Waals surface area contributed by atoms with E-state index in [4.69, 9.17) is 9.47 Å². The van der Waals surface area contributed by atoms with Gasteiger partial charge in [-0.05, 0) is 51.0 Å². The Morgan fingerprint density at radius 2 is 1.85 bits per heavy atom. The van der Waals surface area contributed by atoms with E-state index in [9.17, 15) is 14.4 Å². The Hall–Kier alpha value is -3.69. The largest absolute Gasteiger partial charge is 0.497 e. The maximum atomic E-state index is 12.9.